The molecule has 14 nitrogen and oxygen atoms in total. The number of non-ortho nitro benzene ring substituents is 1. The van der Waals surface area contributed by atoms with Crippen molar-refractivity contribution in [3.05, 3.63) is 74.6 Å². The van der Waals surface area contributed by atoms with Crippen molar-refractivity contribution in [2.45, 2.75) is 14.9 Å². The number of aryl methyl sites for hydroxylation is 1. The van der Waals surface area contributed by atoms with Crippen LogP contribution < -0.4 is 5.43 Å². The molecule has 0 radical (unpaired) electrons. The molecular formula is C21H21N7O7S2. The number of nitrogens with zero attached hydrogens (tertiary/aromatic N) is 6. The van der Waals surface area contributed by atoms with Gasteiger partial charge in [-0.25, -0.2) is 13.4 Å². The summed E-state index contributed by atoms with van der Waals surface area (Å²) in [5, 5.41) is 27.5. The van der Waals surface area contributed by atoms with Crippen LogP contribution in [0.25, 0.3) is 0 Å². The number of nitrogens with one attached hydrogen (secondary N) is 1. The molecule has 3 aromatic rings. The summed E-state index contributed by atoms with van der Waals surface area (Å²) in [7, 11) is -2.31. The van der Waals surface area contributed by atoms with Crippen molar-refractivity contribution in [3.8, 4) is 0 Å². The molecule has 0 unspecified atom stereocenters. The van der Waals surface area contributed by atoms with Crippen molar-refractivity contribution >= 4 is 45.1 Å². The van der Waals surface area contributed by atoms with E-state index in [1.165, 1.54) is 22.7 Å². The normalized spacial score (nSPS) is 14.6. The Morgan fingerprint density at radius 3 is 2.54 bits per heavy atom. The SMILES string of the molecule is Cn1ccnc1Sc1ccc(/C=N\Nc2ccc([N+](=O)[O-])cc2S(=O)(=O)N2CCOCC2)cc1[N+](=O)[O-]. The van der Waals surface area contributed by atoms with Gasteiger partial charge in [0.2, 0.25) is 10.0 Å². The van der Waals surface area contributed by atoms with Crippen molar-refractivity contribution in [2.75, 3.05) is 31.7 Å². The van der Waals surface area contributed by atoms with Gasteiger partial charge in [0.05, 0.1) is 39.9 Å². The lowest BCUT2D eigenvalue weighted by atomic mass is 10.2. The van der Waals surface area contributed by atoms with Crippen LogP contribution >= 0.6 is 11.8 Å². The van der Waals surface area contributed by atoms with Crippen molar-refractivity contribution in [1.29, 1.82) is 0 Å². The average molecular weight is 548 g/mol. The molecule has 0 bridgehead atoms. The molecule has 0 amide bonds. The van der Waals surface area contributed by atoms with Crippen LogP contribution in [0.4, 0.5) is 17.1 Å². The minimum atomic E-state index is -4.08. The van der Waals surface area contributed by atoms with Crippen LogP contribution in [0, 0.1) is 20.2 Å². The predicted octanol–water partition coefficient (Wildman–Crippen LogP) is 2.85. The third-order valence-electron chi connectivity index (χ3n) is 5.32. The van der Waals surface area contributed by atoms with E-state index >= 15 is 0 Å². The molecule has 194 valence electrons. The van der Waals surface area contributed by atoms with Crippen LogP contribution in [0.1, 0.15) is 5.56 Å². The fourth-order valence-electron chi connectivity index (χ4n) is 3.43. The molecule has 1 fully saturated rings. The van der Waals surface area contributed by atoms with Gasteiger partial charge in [-0.15, -0.1) is 0 Å². The van der Waals surface area contributed by atoms with Gasteiger partial charge < -0.3 is 9.30 Å². The molecule has 2 aromatic carbocycles. The number of morpholine rings is 1. The summed E-state index contributed by atoms with van der Waals surface area (Å²) < 4.78 is 34.5. The number of hydrazone groups is 1. The Hall–Kier alpha value is -3.86. The molecule has 37 heavy (non-hydrogen) atoms. The molecule has 1 aromatic heterocycles. The Morgan fingerprint density at radius 2 is 1.89 bits per heavy atom. The number of imidazole rings is 1. The van der Waals surface area contributed by atoms with Crippen molar-refractivity contribution in [2.24, 2.45) is 12.1 Å². The summed E-state index contributed by atoms with van der Waals surface area (Å²) in [6.45, 7) is 0.643. The fourth-order valence-corrected chi connectivity index (χ4v) is 5.88. The van der Waals surface area contributed by atoms with E-state index in [1.54, 1.807) is 36.1 Å². The summed E-state index contributed by atoms with van der Waals surface area (Å²) in [5.41, 5.74) is 2.46. The summed E-state index contributed by atoms with van der Waals surface area (Å²) in [5.74, 6) is 0. The zero-order valence-corrected chi connectivity index (χ0v) is 21.0. The topological polar surface area (TPSA) is 175 Å². The minimum Gasteiger partial charge on any atom is -0.379 e. The number of nitro benzene ring substituents is 2. The van der Waals surface area contributed by atoms with E-state index in [0.717, 1.165) is 23.9 Å². The van der Waals surface area contributed by atoms with Gasteiger partial charge >= 0.3 is 0 Å². The molecular weight excluding hydrogens is 526 g/mol. The van der Waals surface area contributed by atoms with E-state index in [-0.39, 0.29) is 42.6 Å². The molecule has 1 saturated heterocycles. The lowest BCUT2D eigenvalue weighted by Crippen LogP contribution is -2.40. The average Bonchev–Trinajstić information content (AvgIpc) is 3.29. The van der Waals surface area contributed by atoms with Crippen LogP contribution in [-0.2, 0) is 21.8 Å². The Kier molecular flexibility index (Phi) is 7.82. The third-order valence-corrected chi connectivity index (χ3v) is 8.40. The molecule has 0 spiro atoms. The van der Waals surface area contributed by atoms with Gasteiger partial charge in [0.1, 0.15) is 4.90 Å². The molecule has 1 aliphatic rings. The van der Waals surface area contributed by atoms with Gasteiger partial charge in [-0.05, 0) is 23.9 Å². The second-order valence-electron chi connectivity index (χ2n) is 7.73. The van der Waals surface area contributed by atoms with Crippen LogP contribution in [0.3, 0.4) is 0 Å². The van der Waals surface area contributed by atoms with E-state index in [9.17, 15) is 28.6 Å². The number of benzene rings is 2. The highest BCUT2D eigenvalue weighted by Crippen LogP contribution is 2.34. The smallest absolute Gasteiger partial charge is 0.283 e. The number of aromatic nitrogens is 2. The van der Waals surface area contributed by atoms with E-state index in [1.807, 2.05) is 0 Å². The number of sulfonamides is 1. The zero-order valence-electron chi connectivity index (χ0n) is 19.4. The molecule has 16 heteroatoms. The van der Waals surface area contributed by atoms with Gasteiger partial charge in [-0.1, -0.05) is 6.07 Å². The molecule has 2 heterocycles. The Bertz CT molecular complexity index is 1470. The first-order chi connectivity index (χ1) is 17.7. The van der Waals surface area contributed by atoms with E-state index in [4.69, 9.17) is 4.74 Å². The highest BCUT2D eigenvalue weighted by atomic mass is 32.2. The molecule has 0 saturated carbocycles. The number of ether oxygens (including phenoxy) is 1. The molecule has 0 aliphatic carbocycles. The highest BCUT2D eigenvalue weighted by molar-refractivity contribution is 7.99. The number of nitro groups is 2. The van der Waals surface area contributed by atoms with Crippen molar-refractivity contribution < 1.29 is 23.0 Å². The second-order valence-corrected chi connectivity index (χ2v) is 10.6. The van der Waals surface area contributed by atoms with Crippen LogP contribution in [-0.4, -0.2) is 64.6 Å². The molecule has 4 rings (SSSR count). The quantitative estimate of drug-likeness (QED) is 0.238. The van der Waals surface area contributed by atoms with Gasteiger partial charge in [-0.2, -0.15) is 9.41 Å². The molecule has 1 N–H and O–H groups in total. The maximum Gasteiger partial charge on any atom is 0.283 e. The molecule has 0 atom stereocenters. The number of anilines is 1. The zero-order chi connectivity index (χ0) is 26.6. The van der Waals surface area contributed by atoms with Gasteiger partial charge in [-0.3, -0.25) is 25.7 Å². The third kappa shape index (κ3) is 5.93. The second kappa shape index (κ2) is 11.0. The Labute approximate surface area is 215 Å². The van der Waals surface area contributed by atoms with Gasteiger partial charge in [0, 0.05) is 56.3 Å². The maximum absolute atomic E-state index is 13.2. The first-order valence-electron chi connectivity index (χ1n) is 10.8. The molecule has 1 aliphatic heterocycles. The largest absolute Gasteiger partial charge is 0.379 e. The van der Waals surface area contributed by atoms with Crippen LogP contribution in [0.15, 0.2) is 68.8 Å². The van der Waals surface area contributed by atoms with Crippen LogP contribution in [0.5, 0.6) is 0 Å². The minimum absolute atomic E-state index is 0.0183. The summed E-state index contributed by atoms with van der Waals surface area (Å²) in [4.78, 5) is 25.9. The Balaban J connectivity index is 1.60. The lowest BCUT2D eigenvalue weighted by Gasteiger charge is -2.26. The van der Waals surface area contributed by atoms with Crippen molar-refractivity contribution in [3.63, 3.8) is 0 Å². The maximum atomic E-state index is 13.2. The van der Waals surface area contributed by atoms with Gasteiger partial charge in [0.15, 0.2) is 5.16 Å². The first kappa shape index (κ1) is 26.2. The summed E-state index contributed by atoms with van der Waals surface area (Å²) in [6, 6.07) is 7.89. The fraction of sp³-hybridized carbons (Fsp3) is 0.238. The van der Waals surface area contributed by atoms with Crippen molar-refractivity contribution in [1.82, 2.24) is 13.9 Å². The standard InChI is InChI=1S/C21H21N7O7S2/c1-25-7-6-22-21(25)36-19-5-2-15(12-18(19)28(31)32)14-23-24-17-4-3-16(27(29)30)13-20(17)37(33,34)26-8-10-35-11-9-26/h2-7,12-14,24H,8-11H2,1H3/b23-14-. The Morgan fingerprint density at radius 1 is 1.14 bits per heavy atom. The van der Waals surface area contributed by atoms with Crippen LogP contribution in [0.2, 0.25) is 0 Å². The summed E-state index contributed by atoms with van der Waals surface area (Å²) >= 11 is 1.14. The van der Waals surface area contributed by atoms with E-state index < -0.39 is 25.6 Å². The summed E-state index contributed by atoms with van der Waals surface area (Å²) in [6.07, 6.45) is 4.61. The number of hydrogen-bond acceptors (Lipinski definition) is 11. The predicted molar refractivity (Wildman–Crippen MR) is 134 cm³/mol. The highest BCUT2D eigenvalue weighted by Gasteiger charge is 2.30. The number of hydrogen-bond donors (Lipinski definition) is 1. The van der Waals surface area contributed by atoms with E-state index in [2.05, 4.69) is 15.5 Å². The van der Waals surface area contributed by atoms with E-state index in [0.29, 0.717) is 15.6 Å². The lowest BCUT2D eigenvalue weighted by molar-refractivity contribution is -0.387. The van der Waals surface area contributed by atoms with Gasteiger partial charge in [0.25, 0.3) is 11.4 Å². The monoisotopic (exact) mass is 547 g/mol. The number of rotatable bonds is 9. The first-order valence-corrected chi connectivity index (χ1v) is 13.0.